The maximum Gasteiger partial charge on any atom is 0.248 e. The molecule has 2 amide bonds. The van der Waals surface area contributed by atoms with E-state index in [-0.39, 0.29) is 11.7 Å². The fourth-order valence-corrected chi connectivity index (χ4v) is 3.97. The van der Waals surface area contributed by atoms with Crippen LogP contribution in [0.25, 0.3) is 23.0 Å². The summed E-state index contributed by atoms with van der Waals surface area (Å²) in [7, 11) is 0. The Labute approximate surface area is 196 Å². The molecule has 164 valence electrons. The lowest BCUT2D eigenvalue weighted by atomic mass is 10.1. The molecule has 4 aromatic rings. The van der Waals surface area contributed by atoms with Crippen molar-refractivity contribution in [1.29, 1.82) is 0 Å². The van der Waals surface area contributed by atoms with Crippen LogP contribution in [0.1, 0.15) is 5.56 Å². The second-order valence-corrected chi connectivity index (χ2v) is 8.17. The van der Waals surface area contributed by atoms with Gasteiger partial charge in [-0.1, -0.05) is 60.7 Å². The van der Waals surface area contributed by atoms with Gasteiger partial charge in [0, 0.05) is 28.3 Å². The van der Waals surface area contributed by atoms with Crippen LogP contribution in [0.2, 0.25) is 0 Å². The van der Waals surface area contributed by atoms with Crippen molar-refractivity contribution in [2.24, 2.45) is 5.73 Å². The molecule has 0 atom stereocenters. The average Bonchev–Trinajstić information content (AvgIpc) is 3.28. The number of hydrogen-bond donors (Lipinski definition) is 2. The molecule has 0 bridgehead atoms. The largest absolute Gasteiger partial charge is 0.369 e. The van der Waals surface area contributed by atoms with E-state index < -0.39 is 5.91 Å². The van der Waals surface area contributed by atoms with Crippen LogP contribution >= 0.6 is 11.8 Å². The Bertz CT molecular complexity index is 1280. The zero-order chi connectivity index (χ0) is 23.0. The highest BCUT2D eigenvalue weighted by atomic mass is 32.2. The predicted molar refractivity (Wildman–Crippen MR) is 133 cm³/mol. The maximum absolute atomic E-state index is 12.7. The van der Waals surface area contributed by atoms with Crippen LogP contribution in [0.15, 0.2) is 102 Å². The number of aromatic nitrogens is 2. The Morgan fingerprint density at radius 1 is 0.939 bits per heavy atom. The van der Waals surface area contributed by atoms with Gasteiger partial charge >= 0.3 is 0 Å². The fourth-order valence-electron chi connectivity index (χ4n) is 3.23. The summed E-state index contributed by atoms with van der Waals surface area (Å²) in [4.78, 5) is 24.6. The molecular weight excluding hydrogens is 432 g/mol. The normalized spacial score (nSPS) is 10.9. The fraction of sp³-hybridized carbons (Fsp3) is 0.0385. The highest BCUT2D eigenvalue weighted by Gasteiger charge is 2.11. The number of nitrogens with two attached hydrogens (primary N) is 1. The molecule has 0 radical (unpaired) electrons. The molecule has 0 saturated carbocycles. The Kier molecular flexibility index (Phi) is 7.02. The monoisotopic (exact) mass is 454 g/mol. The summed E-state index contributed by atoms with van der Waals surface area (Å²) in [6.45, 7) is 0. The molecule has 0 aliphatic rings. The van der Waals surface area contributed by atoms with Crippen LogP contribution in [-0.2, 0) is 9.59 Å². The zero-order valence-electron chi connectivity index (χ0n) is 17.7. The van der Waals surface area contributed by atoms with E-state index in [1.165, 1.54) is 17.8 Å². The van der Waals surface area contributed by atoms with Crippen LogP contribution in [0.4, 0.5) is 5.69 Å². The average molecular weight is 455 g/mol. The highest BCUT2D eigenvalue weighted by Crippen LogP contribution is 2.27. The van der Waals surface area contributed by atoms with Crippen LogP contribution in [0.5, 0.6) is 0 Å². The number of carbonyl (C=O) groups excluding carboxylic acids is 2. The molecule has 6 nitrogen and oxygen atoms in total. The first-order valence-corrected chi connectivity index (χ1v) is 11.3. The number of anilines is 1. The molecule has 1 heterocycles. The number of nitrogens with zero attached hydrogens (tertiary/aromatic N) is 2. The third-order valence-corrected chi connectivity index (χ3v) is 5.84. The van der Waals surface area contributed by atoms with Crippen molar-refractivity contribution in [1.82, 2.24) is 9.78 Å². The van der Waals surface area contributed by atoms with Crippen molar-refractivity contribution in [2.45, 2.75) is 4.90 Å². The topological polar surface area (TPSA) is 90.0 Å². The lowest BCUT2D eigenvalue weighted by Gasteiger charge is -2.08. The number of benzene rings is 3. The number of nitrogens with one attached hydrogen (secondary N) is 1. The van der Waals surface area contributed by atoms with E-state index >= 15 is 0 Å². The van der Waals surface area contributed by atoms with Gasteiger partial charge in [0.1, 0.15) is 0 Å². The van der Waals surface area contributed by atoms with Gasteiger partial charge in [0.15, 0.2) is 0 Å². The van der Waals surface area contributed by atoms with Gasteiger partial charge < -0.3 is 11.1 Å². The molecule has 0 saturated heterocycles. The van der Waals surface area contributed by atoms with Gasteiger partial charge in [0.25, 0.3) is 0 Å². The first-order valence-electron chi connectivity index (χ1n) is 10.3. The predicted octanol–water partition coefficient (Wildman–Crippen LogP) is 4.77. The second kappa shape index (κ2) is 10.5. The van der Waals surface area contributed by atoms with Gasteiger partial charge in [-0.05, 0) is 30.3 Å². The second-order valence-electron chi connectivity index (χ2n) is 7.15. The van der Waals surface area contributed by atoms with Gasteiger partial charge in [-0.2, -0.15) is 5.10 Å². The highest BCUT2D eigenvalue weighted by molar-refractivity contribution is 8.00. The number of rotatable bonds is 8. The van der Waals surface area contributed by atoms with Crippen molar-refractivity contribution in [3.63, 3.8) is 0 Å². The van der Waals surface area contributed by atoms with Crippen LogP contribution in [0, 0.1) is 0 Å². The quantitative estimate of drug-likeness (QED) is 0.296. The smallest absolute Gasteiger partial charge is 0.248 e. The standard InChI is InChI=1S/C26H22N4O2S/c27-24(31)18-33-23-14-8-7-13-22(23)28-25(32)16-15-20-17-30(21-11-5-2-6-12-21)29-26(20)19-9-3-1-4-10-19/h1-17H,18H2,(H2,27,31)(H,28,32). The minimum Gasteiger partial charge on any atom is -0.369 e. The molecule has 4 rings (SSSR count). The summed E-state index contributed by atoms with van der Waals surface area (Å²) >= 11 is 1.29. The SMILES string of the molecule is NC(=O)CSc1ccccc1NC(=O)C=Cc1cn(-c2ccccc2)nc1-c1ccccc1. The van der Waals surface area contributed by atoms with E-state index in [0.717, 1.165) is 27.4 Å². The lowest BCUT2D eigenvalue weighted by molar-refractivity contribution is -0.115. The van der Waals surface area contributed by atoms with E-state index in [4.69, 9.17) is 10.8 Å². The third-order valence-electron chi connectivity index (χ3n) is 4.74. The van der Waals surface area contributed by atoms with Crippen molar-refractivity contribution in [2.75, 3.05) is 11.1 Å². The van der Waals surface area contributed by atoms with Crippen LogP contribution in [0.3, 0.4) is 0 Å². The van der Waals surface area contributed by atoms with Crippen molar-refractivity contribution in [3.05, 3.63) is 103 Å². The molecule has 0 aliphatic carbocycles. The van der Waals surface area contributed by atoms with E-state index in [2.05, 4.69) is 5.32 Å². The summed E-state index contributed by atoms with van der Waals surface area (Å²) in [5, 5.41) is 7.63. The van der Waals surface area contributed by atoms with Gasteiger partial charge in [-0.25, -0.2) is 4.68 Å². The Morgan fingerprint density at radius 3 is 2.33 bits per heavy atom. The number of primary amides is 1. The number of hydrogen-bond acceptors (Lipinski definition) is 4. The first kappa shape index (κ1) is 22.1. The minimum atomic E-state index is -0.412. The summed E-state index contributed by atoms with van der Waals surface area (Å²) < 4.78 is 1.80. The molecule has 0 fully saturated rings. The number of thioether (sulfide) groups is 1. The van der Waals surface area contributed by atoms with E-state index in [0.29, 0.717) is 5.69 Å². The third kappa shape index (κ3) is 5.78. The minimum absolute atomic E-state index is 0.141. The first-order chi connectivity index (χ1) is 16.1. The Balaban J connectivity index is 1.58. The molecule has 3 N–H and O–H groups in total. The van der Waals surface area contributed by atoms with E-state index in [1.54, 1.807) is 16.8 Å². The zero-order valence-corrected chi connectivity index (χ0v) is 18.5. The van der Waals surface area contributed by atoms with Gasteiger partial charge in [-0.15, -0.1) is 11.8 Å². The molecule has 3 aromatic carbocycles. The van der Waals surface area contributed by atoms with Gasteiger partial charge in [0.2, 0.25) is 11.8 Å². The molecule has 33 heavy (non-hydrogen) atoms. The summed E-state index contributed by atoms with van der Waals surface area (Å²) in [5.74, 6) is -0.555. The van der Waals surface area contributed by atoms with E-state index in [1.807, 2.05) is 85.1 Å². The van der Waals surface area contributed by atoms with Gasteiger partial charge in [-0.3, -0.25) is 9.59 Å². The molecule has 0 spiro atoms. The van der Waals surface area contributed by atoms with Crippen molar-refractivity contribution < 1.29 is 9.59 Å². The summed E-state index contributed by atoms with van der Waals surface area (Å²) in [6, 6.07) is 26.9. The van der Waals surface area contributed by atoms with Gasteiger partial charge in [0.05, 0.1) is 22.8 Å². The number of amides is 2. The summed E-state index contributed by atoms with van der Waals surface area (Å²) in [5.41, 5.74) is 9.35. The molecular formula is C26H22N4O2S. The van der Waals surface area contributed by atoms with E-state index in [9.17, 15) is 9.59 Å². The molecule has 1 aromatic heterocycles. The Hall–Kier alpha value is -4.10. The van der Waals surface area contributed by atoms with Crippen LogP contribution < -0.4 is 11.1 Å². The maximum atomic E-state index is 12.7. The number of para-hydroxylation sites is 2. The molecule has 0 unspecified atom stereocenters. The summed E-state index contributed by atoms with van der Waals surface area (Å²) in [6.07, 6.45) is 5.13. The Morgan fingerprint density at radius 2 is 1.61 bits per heavy atom. The van der Waals surface area contributed by atoms with Crippen molar-refractivity contribution >= 4 is 35.3 Å². The van der Waals surface area contributed by atoms with Crippen molar-refractivity contribution in [3.8, 4) is 16.9 Å². The number of carbonyl (C=O) groups is 2. The molecule has 0 aliphatic heterocycles. The van der Waals surface area contributed by atoms with Crippen LogP contribution in [-0.4, -0.2) is 27.3 Å². The molecule has 7 heteroatoms. The lowest BCUT2D eigenvalue weighted by Crippen LogP contribution is -2.13.